The molecule has 3 aliphatic rings. The van der Waals surface area contributed by atoms with Crippen LogP contribution in [-0.4, -0.2) is 69.9 Å². The lowest BCUT2D eigenvalue weighted by atomic mass is 9.63. The number of rotatable bonds is 16. The molecule has 2 N–H and O–H groups in total. The largest absolute Gasteiger partial charge is 0.490 e. The zero-order valence-electron chi connectivity index (χ0n) is 38.5. The molecule has 12 heteroatoms. The van der Waals surface area contributed by atoms with Gasteiger partial charge in [-0.25, -0.2) is 19.4 Å². The van der Waals surface area contributed by atoms with E-state index in [2.05, 4.69) is 130 Å². The number of nitrogens with one attached hydrogen (secondary N) is 2. The van der Waals surface area contributed by atoms with Crippen molar-refractivity contribution in [1.82, 2.24) is 10.6 Å². The number of carbonyl (C=O) groups excluding carboxylic acids is 3. The lowest BCUT2D eigenvalue weighted by Crippen LogP contribution is -2.45. The summed E-state index contributed by atoms with van der Waals surface area (Å²) in [6.07, 6.45) is 7.15. The van der Waals surface area contributed by atoms with Crippen LogP contribution in [0, 0.1) is 33.2 Å². The Morgan fingerprint density at radius 3 is 1.57 bits per heavy atom. The first kappa shape index (κ1) is 46.7. The highest BCUT2D eigenvalue weighted by atomic mass is 16.6. The lowest BCUT2D eigenvalue weighted by Gasteiger charge is -2.45. The van der Waals surface area contributed by atoms with Crippen molar-refractivity contribution < 1.29 is 38.1 Å². The molecular weight excluding hydrogens is 821 g/mol. The van der Waals surface area contributed by atoms with Crippen molar-refractivity contribution in [1.29, 1.82) is 5.26 Å². The van der Waals surface area contributed by atoms with E-state index in [1.165, 1.54) is 22.3 Å². The molecule has 7 rings (SSSR count). The Kier molecular flexibility index (Phi) is 14.0. The van der Waals surface area contributed by atoms with E-state index in [0.717, 1.165) is 36.8 Å². The first-order valence-corrected chi connectivity index (χ1v) is 22.7. The van der Waals surface area contributed by atoms with E-state index in [-0.39, 0.29) is 60.2 Å². The highest BCUT2D eigenvalue weighted by molar-refractivity contribution is 5.86. The number of nitriles is 1. The Morgan fingerprint density at radius 1 is 0.631 bits per heavy atom. The monoisotopic (exact) mass is 882 g/mol. The van der Waals surface area contributed by atoms with Crippen molar-refractivity contribution in [3.63, 3.8) is 0 Å². The van der Waals surface area contributed by atoms with Crippen molar-refractivity contribution in [3.05, 3.63) is 119 Å². The standard InChI is InChI=1S/C53H62N4O8/c1-49(2)27-39(57-36-58)28-51(5,31-49)33-55-47(59)63-25-23-61-40-19-15-37(16-20-40)53(45-13-9-7-11-43(45)44-12-8-10-14-46(44)53)38-17-21-41(22-18-38)62-24-26-64-48(60)56-34-52(6)30-42(65-35-54)29-50(3,4)32-52/h7-22,39,42H,23-34H2,1-6H3,(H,55,59)(H,56,60). The smallest absolute Gasteiger partial charge is 0.407 e. The predicted octanol–water partition coefficient (Wildman–Crippen LogP) is 10.3. The minimum absolute atomic E-state index is 0.00835. The summed E-state index contributed by atoms with van der Waals surface area (Å²) < 4.78 is 28.4. The molecular formula is C53H62N4O8. The first-order chi connectivity index (χ1) is 31.1. The van der Waals surface area contributed by atoms with Gasteiger partial charge in [-0.15, -0.1) is 0 Å². The summed E-state index contributed by atoms with van der Waals surface area (Å²) in [5.41, 5.74) is 5.69. The third kappa shape index (κ3) is 11.0. The quantitative estimate of drug-likeness (QED) is 0.0426. The number of isocyanates is 1. The number of alkyl carbamates (subject to hydrolysis) is 2. The molecule has 342 valence electrons. The van der Waals surface area contributed by atoms with Crippen molar-refractivity contribution >= 4 is 18.3 Å². The molecule has 2 saturated carbocycles. The maximum Gasteiger partial charge on any atom is 0.407 e. The van der Waals surface area contributed by atoms with E-state index in [1.54, 1.807) is 6.08 Å². The zero-order valence-corrected chi connectivity index (χ0v) is 38.5. The van der Waals surface area contributed by atoms with Gasteiger partial charge in [-0.1, -0.05) is 114 Å². The van der Waals surface area contributed by atoms with Crippen LogP contribution < -0.4 is 20.1 Å². The fourth-order valence-corrected chi connectivity index (χ4v) is 11.6. The van der Waals surface area contributed by atoms with Gasteiger partial charge in [0, 0.05) is 13.1 Å². The van der Waals surface area contributed by atoms with Crippen LogP contribution in [0.1, 0.15) is 102 Å². The van der Waals surface area contributed by atoms with Gasteiger partial charge < -0.3 is 34.3 Å². The van der Waals surface area contributed by atoms with Crippen LogP contribution in [0.3, 0.4) is 0 Å². The number of aliphatic imine (C=N–C) groups is 1. The summed E-state index contributed by atoms with van der Waals surface area (Å²) in [6, 6.07) is 33.1. The second-order valence-corrected chi connectivity index (χ2v) is 20.4. The van der Waals surface area contributed by atoms with Crippen LogP contribution >= 0.6 is 0 Å². The number of hydrogen-bond acceptors (Lipinski definition) is 10. The summed E-state index contributed by atoms with van der Waals surface area (Å²) in [7, 11) is 0. The van der Waals surface area contributed by atoms with E-state index in [0.29, 0.717) is 37.4 Å². The van der Waals surface area contributed by atoms with E-state index >= 15 is 0 Å². The highest BCUT2D eigenvalue weighted by Gasteiger charge is 2.46. The van der Waals surface area contributed by atoms with Crippen LogP contribution in [0.2, 0.25) is 0 Å². The van der Waals surface area contributed by atoms with Gasteiger partial charge in [-0.2, -0.15) is 5.26 Å². The van der Waals surface area contributed by atoms with Crippen molar-refractivity contribution in [2.24, 2.45) is 26.7 Å². The second kappa shape index (κ2) is 19.4. The Morgan fingerprint density at radius 2 is 1.09 bits per heavy atom. The number of amides is 2. The van der Waals surface area contributed by atoms with E-state index in [9.17, 15) is 14.4 Å². The van der Waals surface area contributed by atoms with E-state index in [1.807, 2.05) is 30.5 Å². The van der Waals surface area contributed by atoms with Crippen LogP contribution in [0.25, 0.3) is 11.1 Å². The van der Waals surface area contributed by atoms with Crippen LogP contribution in [0.4, 0.5) is 9.59 Å². The molecule has 0 aliphatic heterocycles. The van der Waals surface area contributed by atoms with Gasteiger partial charge in [0.2, 0.25) is 6.08 Å². The number of benzene rings is 4. The number of ether oxygens (including phenoxy) is 5. The summed E-state index contributed by atoms with van der Waals surface area (Å²) in [4.78, 5) is 40.3. The lowest BCUT2D eigenvalue weighted by molar-refractivity contribution is -0.0108. The zero-order chi connectivity index (χ0) is 46.3. The van der Waals surface area contributed by atoms with Crippen molar-refractivity contribution in [2.75, 3.05) is 39.5 Å². The van der Waals surface area contributed by atoms with Gasteiger partial charge in [-0.3, -0.25) is 0 Å². The maximum absolute atomic E-state index is 12.7. The minimum atomic E-state index is -0.638. The van der Waals surface area contributed by atoms with Crippen LogP contribution in [0.15, 0.2) is 102 Å². The molecule has 0 saturated heterocycles. The SMILES string of the molecule is CC1(C)CC(N=C=O)CC(C)(CNC(=O)OCCOc2ccc(C3(c4ccc(OCCOC(=O)NCC5(C)CC(OC#N)CC(C)(C)C5)cc4)c4ccccc4-c4ccccc43)cc2)C1. The molecule has 3 aliphatic carbocycles. The van der Waals surface area contributed by atoms with Crippen molar-refractivity contribution in [3.8, 4) is 28.9 Å². The molecule has 0 bridgehead atoms. The summed E-state index contributed by atoms with van der Waals surface area (Å²) >= 11 is 0. The molecule has 4 aromatic rings. The molecule has 0 heterocycles. The predicted molar refractivity (Wildman–Crippen MR) is 247 cm³/mol. The molecule has 2 fully saturated rings. The van der Waals surface area contributed by atoms with Crippen LogP contribution in [0.5, 0.6) is 11.5 Å². The summed E-state index contributed by atoms with van der Waals surface area (Å²) in [5, 5.41) is 14.9. The molecule has 4 atom stereocenters. The first-order valence-electron chi connectivity index (χ1n) is 22.7. The number of fused-ring (bicyclic) bond motifs is 3. The topological polar surface area (TPSA) is 158 Å². The fourth-order valence-electron chi connectivity index (χ4n) is 11.6. The molecule has 0 aromatic heterocycles. The molecule has 65 heavy (non-hydrogen) atoms. The minimum Gasteiger partial charge on any atom is -0.490 e. The average Bonchev–Trinajstić information content (AvgIpc) is 3.56. The van der Waals surface area contributed by atoms with Crippen molar-refractivity contribution in [2.45, 2.75) is 97.6 Å². The Labute approximate surface area is 383 Å². The van der Waals surface area contributed by atoms with Gasteiger partial charge in [0.05, 0.1) is 11.5 Å². The summed E-state index contributed by atoms with van der Waals surface area (Å²) in [6.45, 7) is 14.2. The second-order valence-electron chi connectivity index (χ2n) is 20.4. The highest BCUT2D eigenvalue weighted by Crippen LogP contribution is 2.56. The third-order valence-corrected chi connectivity index (χ3v) is 13.3. The number of carbonyl (C=O) groups is 2. The number of nitrogens with zero attached hydrogens (tertiary/aromatic N) is 2. The maximum atomic E-state index is 12.7. The van der Waals surface area contributed by atoms with Gasteiger partial charge in [-0.05, 0) is 118 Å². The van der Waals surface area contributed by atoms with Gasteiger partial charge >= 0.3 is 12.2 Å². The molecule has 12 nitrogen and oxygen atoms in total. The van der Waals surface area contributed by atoms with E-state index < -0.39 is 17.6 Å². The normalized spacial score (nSPS) is 23.2. The van der Waals surface area contributed by atoms with Crippen LogP contribution in [-0.2, 0) is 24.4 Å². The Balaban J connectivity index is 0.961. The number of hydrogen-bond donors (Lipinski definition) is 2. The molecule has 2 amide bonds. The molecule has 0 radical (unpaired) electrons. The van der Waals surface area contributed by atoms with Gasteiger partial charge in [0.1, 0.15) is 44.0 Å². The van der Waals surface area contributed by atoms with E-state index in [4.69, 9.17) is 28.9 Å². The molecule has 0 spiro atoms. The molecule has 4 aromatic carbocycles. The van der Waals surface area contributed by atoms with Gasteiger partial charge in [0.15, 0.2) is 0 Å². The average molecular weight is 883 g/mol. The Hall–Kier alpha value is -6.31. The summed E-state index contributed by atoms with van der Waals surface area (Å²) in [5.74, 6) is 1.30. The third-order valence-electron chi connectivity index (χ3n) is 13.3. The molecule has 4 unspecified atom stereocenters. The Bertz CT molecular complexity index is 2360. The van der Waals surface area contributed by atoms with Gasteiger partial charge in [0.25, 0.3) is 6.26 Å². The fraction of sp³-hybridized carbons (Fsp3) is 0.472.